The SMILES string of the molecule is CC(Sc1cnns1)C(O)(Cn1cncn1)c1ccc(Cl)cc1. The summed E-state index contributed by atoms with van der Waals surface area (Å²) in [4.78, 5) is 3.94. The second-order valence-corrected chi connectivity index (χ2v) is 7.88. The lowest BCUT2D eigenvalue weighted by Crippen LogP contribution is -2.40. The van der Waals surface area contributed by atoms with Gasteiger partial charge >= 0.3 is 0 Å². The Labute approximate surface area is 146 Å². The van der Waals surface area contributed by atoms with Gasteiger partial charge < -0.3 is 5.11 Å². The smallest absolute Gasteiger partial charge is 0.137 e. The monoisotopic (exact) mass is 367 g/mol. The van der Waals surface area contributed by atoms with Crippen molar-refractivity contribution in [3.63, 3.8) is 0 Å². The van der Waals surface area contributed by atoms with Crippen LogP contribution in [0, 0.1) is 0 Å². The molecule has 0 amide bonds. The molecule has 9 heteroatoms. The minimum absolute atomic E-state index is 0.157. The van der Waals surface area contributed by atoms with Gasteiger partial charge in [-0.05, 0) is 36.2 Å². The van der Waals surface area contributed by atoms with E-state index in [4.69, 9.17) is 11.6 Å². The van der Waals surface area contributed by atoms with E-state index in [2.05, 4.69) is 19.7 Å². The van der Waals surface area contributed by atoms with E-state index in [1.54, 1.807) is 29.3 Å². The van der Waals surface area contributed by atoms with E-state index in [1.807, 2.05) is 19.1 Å². The van der Waals surface area contributed by atoms with Crippen molar-refractivity contribution >= 4 is 34.9 Å². The molecule has 0 fully saturated rings. The van der Waals surface area contributed by atoms with E-state index >= 15 is 0 Å². The third-order valence-electron chi connectivity index (χ3n) is 3.52. The van der Waals surface area contributed by atoms with Crippen LogP contribution in [0.1, 0.15) is 12.5 Å². The van der Waals surface area contributed by atoms with Crippen LogP contribution >= 0.6 is 34.9 Å². The third kappa shape index (κ3) is 3.72. The molecule has 2 aromatic heterocycles. The number of aliphatic hydroxyl groups is 1. The summed E-state index contributed by atoms with van der Waals surface area (Å²) in [6.45, 7) is 2.25. The molecule has 2 atom stereocenters. The highest BCUT2D eigenvalue weighted by Crippen LogP contribution is 2.39. The lowest BCUT2D eigenvalue weighted by Gasteiger charge is -2.33. The first-order chi connectivity index (χ1) is 11.1. The van der Waals surface area contributed by atoms with Gasteiger partial charge in [0.1, 0.15) is 22.5 Å². The van der Waals surface area contributed by atoms with Gasteiger partial charge in [0.25, 0.3) is 0 Å². The van der Waals surface area contributed by atoms with Crippen molar-refractivity contribution in [2.45, 2.75) is 28.5 Å². The molecule has 1 N–H and O–H groups in total. The Kier molecular flexibility index (Phi) is 4.96. The van der Waals surface area contributed by atoms with Gasteiger partial charge in [-0.15, -0.1) is 16.9 Å². The number of hydrogen-bond donors (Lipinski definition) is 1. The van der Waals surface area contributed by atoms with Crippen molar-refractivity contribution in [1.82, 2.24) is 24.4 Å². The zero-order valence-electron chi connectivity index (χ0n) is 12.2. The third-order valence-corrected chi connectivity index (χ3v) is 5.83. The topological polar surface area (TPSA) is 76.7 Å². The van der Waals surface area contributed by atoms with Crippen LogP contribution in [0.5, 0.6) is 0 Å². The number of benzene rings is 1. The first-order valence-electron chi connectivity index (χ1n) is 6.83. The van der Waals surface area contributed by atoms with Gasteiger partial charge in [-0.1, -0.05) is 28.2 Å². The Bertz CT molecular complexity index is 735. The summed E-state index contributed by atoms with van der Waals surface area (Å²) in [5.74, 6) is 0. The standard InChI is InChI=1S/C14H14ClN5OS2/c1-10(22-13-6-17-19-23-13)14(21,7-20-9-16-8-18-20)11-2-4-12(15)5-3-11/h2-6,8-10,21H,7H2,1H3. The molecule has 0 aliphatic heterocycles. The highest BCUT2D eigenvalue weighted by Gasteiger charge is 2.37. The number of rotatable bonds is 6. The Hall–Kier alpha value is -1.48. The molecule has 2 unspecified atom stereocenters. The molecule has 120 valence electrons. The van der Waals surface area contributed by atoms with E-state index in [0.717, 1.165) is 9.77 Å². The van der Waals surface area contributed by atoms with Crippen LogP contribution in [0.3, 0.4) is 0 Å². The average Bonchev–Trinajstić information content (AvgIpc) is 3.21. The van der Waals surface area contributed by atoms with Gasteiger partial charge in [0.15, 0.2) is 0 Å². The maximum Gasteiger partial charge on any atom is 0.137 e. The summed E-state index contributed by atoms with van der Waals surface area (Å²) in [7, 11) is 0. The van der Waals surface area contributed by atoms with Crippen LogP contribution in [-0.4, -0.2) is 34.7 Å². The van der Waals surface area contributed by atoms with Gasteiger partial charge in [0, 0.05) is 10.3 Å². The summed E-state index contributed by atoms with van der Waals surface area (Å²) in [5.41, 5.74) is -0.373. The molecule has 0 bridgehead atoms. The van der Waals surface area contributed by atoms with Gasteiger partial charge in [0.2, 0.25) is 0 Å². The number of nitrogens with zero attached hydrogens (tertiary/aromatic N) is 5. The van der Waals surface area contributed by atoms with E-state index in [9.17, 15) is 5.11 Å². The quantitative estimate of drug-likeness (QED) is 0.675. The van der Waals surface area contributed by atoms with Crippen LogP contribution in [-0.2, 0) is 12.1 Å². The Morgan fingerprint density at radius 2 is 2.17 bits per heavy atom. The fourth-order valence-electron chi connectivity index (χ4n) is 2.24. The van der Waals surface area contributed by atoms with Crippen LogP contribution in [0.2, 0.25) is 5.02 Å². The second kappa shape index (κ2) is 6.96. The minimum atomic E-state index is -1.15. The lowest BCUT2D eigenvalue weighted by molar-refractivity contribution is 0.0168. The second-order valence-electron chi connectivity index (χ2n) is 5.02. The molecular formula is C14H14ClN5OS2. The summed E-state index contributed by atoms with van der Waals surface area (Å²) in [5, 5.41) is 19.8. The molecule has 6 nitrogen and oxygen atoms in total. The molecule has 0 spiro atoms. The van der Waals surface area contributed by atoms with Crippen molar-refractivity contribution in [1.29, 1.82) is 0 Å². The van der Waals surface area contributed by atoms with Gasteiger partial charge in [-0.2, -0.15) is 5.10 Å². The zero-order chi connectivity index (χ0) is 16.3. The van der Waals surface area contributed by atoms with Crippen molar-refractivity contribution in [3.05, 3.63) is 53.7 Å². The van der Waals surface area contributed by atoms with Gasteiger partial charge in [-0.25, -0.2) is 9.67 Å². The molecular weight excluding hydrogens is 354 g/mol. The molecule has 3 rings (SSSR count). The van der Waals surface area contributed by atoms with Crippen molar-refractivity contribution in [3.8, 4) is 0 Å². The normalized spacial score (nSPS) is 15.3. The largest absolute Gasteiger partial charge is 0.382 e. The molecule has 0 radical (unpaired) electrons. The zero-order valence-corrected chi connectivity index (χ0v) is 14.6. The molecule has 3 aromatic rings. The van der Waals surface area contributed by atoms with Crippen LogP contribution in [0.4, 0.5) is 0 Å². The summed E-state index contributed by atoms with van der Waals surface area (Å²) in [6.07, 6.45) is 4.74. The fraction of sp³-hybridized carbons (Fsp3) is 0.286. The summed E-state index contributed by atoms with van der Waals surface area (Å²) < 4.78 is 6.43. The van der Waals surface area contributed by atoms with E-state index in [-0.39, 0.29) is 11.8 Å². The average molecular weight is 368 g/mol. The van der Waals surface area contributed by atoms with Crippen LogP contribution in [0.25, 0.3) is 0 Å². The van der Waals surface area contributed by atoms with Crippen LogP contribution in [0.15, 0.2) is 47.3 Å². The van der Waals surface area contributed by atoms with Crippen LogP contribution < -0.4 is 0 Å². The molecule has 0 aliphatic rings. The maximum atomic E-state index is 11.4. The number of hydrogen-bond acceptors (Lipinski definition) is 7. The number of halogens is 1. The Morgan fingerprint density at radius 1 is 1.39 bits per heavy atom. The molecule has 23 heavy (non-hydrogen) atoms. The van der Waals surface area contributed by atoms with Crippen molar-refractivity contribution in [2.75, 3.05) is 0 Å². The fourth-order valence-corrected chi connectivity index (χ4v) is 4.20. The molecule has 0 saturated heterocycles. The van der Waals surface area contributed by atoms with Gasteiger partial charge in [-0.3, -0.25) is 0 Å². The van der Waals surface area contributed by atoms with E-state index in [0.29, 0.717) is 5.02 Å². The highest BCUT2D eigenvalue weighted by atomic mass is 35.5. The Balaban J connectivity index is 1.92. The first-order valence-corrected chi connectivity index (χ1v) is 8.86. The lowest BCUT2D eigenvalue weighted by atomic mass is 9.90. The van der Waals surface area contributed by atoms with E-state index < -0.39 is 5.60 Å². The van der Waals surface area contributed by atoms with Crippen molar-refractivity contribution < 1.29 is 5.11 Å². The van der Waals surface area contributed by atoms with Gasteiger partial charge in [0.05, 0.1) is 12.7 Å². The molecule has 2 heterocycles. The molecule has 1 aromatic carbocycles. The first kappa shape index (κ1) is 16.4. The maximum absolute atomic E-state index is 11.4. The predicted molar refractivity (Wildman–Crippen MR) is 90.6 cm³/mol. The number of aromatic nitrogens is 5. The number of thioether (sulfide) groups is 1. The molecule has 0 aliphatic carbocycles. The molecule has 0 saturated carbocycles. The Morgan fingerprint density at radius 3 is 2.78 bits per heavy atom. The minimum Gasteiger partial charge on any atom is -0.382 e. The van der Waals surface area contributed by atoms with E-state index in [1.165, 1.54) is 29.6 Å². The predicted octanol–water partition coefficient (Wildman–Crippen LogP) is 2.85. The highest BCUT2D eigenvalue weighted by molar-refractivity contribution is 8.01. The summed E-state index contributed by atoms with van der Waals surface area (Å²) >= 11 is 8.80. The van der Waals surface area contributed by atoms with Crippen molar-refractivity contribution in [2.24, 2.45) is 0 Å². The summed E-state index contributed by atoms with van der Waals surface area (Å²) in [6, 6.07) is 7.21.